The van der Waals surface area contributed by atoms with E-state index in [4.69, 9.17) is 4.74 Å². The van der Waals surface area contributed by atoms with Crippen LogP contribution in [-0.4, -0.2) is 32.5 Å². The van der Waals surface area contributed by atoms with Gasteiger partial charge in [0.05, 0.1) is 11.9 Å². The van der Waals surface area contributed by atoms with Gasteiger partial charge in [0.2, 0.25) is 5.91 Å². The number of aryl methyl sites for hydroxylation is 1. The third-order valence-electron chi connectivity index (χ3n) is 4.23. The van der Waals surface area contributed by atoms with E-state index in [0.717, 1.165) is 22.8 Å². The lowest BCUT2D eigenvalue weighted by Gasteiger charge is -2.12. The first-order valence-corrected chi connectivity index (χ1v) is 10.0. The Labute approximate surface area is 169 Å². The number of aromatic nitrogens is 3. The minimum absolute atomic E-state index is 0.0888. The summed E-state index contributed by atoms with van der Waals surface area (Å²) in [6.45, 7) is 6.45. The van der Waals surface area contributed by atoms with E-state index in [2.05, 4.69) is 15.5 Å². The number of rotatable bonds is 7. The Hall–Kier alpha value is -2.80. The van der Waals surface area contributed by atoms with Gasteiger partial charge in [-0.2, -0.15) is 0 Å². The zero-order valence-corrected chi connectivity index (χ0v) is 17.3. The zero-order valence-electron chi connectivity index (χ0n) is 16.5. The molecule has 0 fully saturated rings. The molecule has 3 aromatic rings. The number of benzene rings is 2. The van der Waals surface area contributed by atoms with Crippen molar-refractivity contribution < 1.29 is 9.53 Å². The Morgan fingerprint density at radius 2 is 1.82 bits per heavy atom. The van der Waals surface area contributed by atoms with Crippen LogP contribution >= 0.6 is 11.8 Å². The molecule has 2 aromatic carbocycles. The van der Waals surface area contributed by atoms with Crippen LogP contribution in [0, 0.1) is 6.92 Å². The summed E-state index contributed by atoms with van der Waals surface area (Å²) in [6, 6.07) is 15.5. The minimum atomic E-state index is -0.319. The number of amides is 1. The third kappa shape index (κ3) is 4.72. The van der Waals surface area contributed by atoms with Gasteiger partial charge in [0.25, 0.3) is 0 Å². The molecule has 0 radical (unpaired) electrons. The largest absolute Gasteiger partial charge is 0.494 e. The van der Waals surface area contributed by atoms with Crippen LogP contribution in [0.5, 0.6) is 5.75 Å². The summed E-state index contributed by atoms with van der Waals surface area (Å²) in [5.74, 6) is 1.47. The summed E-state index contributed by atoms with van der Waals surface area (Å²) in [4.78, 5) is 12.5. The topological polar surface area (TPSA) is 69.0 Å². The smallest absolute Gasteiger partial charge is 0.237 e. The Morgan fingerprint density at radius 3 is 2.46 bits per heavy atom. The second kappa shape index (κ2) is 8.93. The number of carbonyl (C=O) groups excluding carboxylic acids is 1. The molecule has 1 heterocycles. The fourth-order valence-corrected chi connectivity index (χ4v) is 3.44. The van der Waals surface area contributed by atoms with Gasteiger partial charge in [-0.3, -0.25) is 4.79 Å². The second-order valence-electron chi connectivity index (χ2n) is 6.44. The molecule has 0 saturated heterocycles. The van der Waals surface area contributed by atoms with Crippen LogP contribution in [0.3, 0.4) is 0 Å². The molecule has 146 valence electrons. The average molecular weight is 397 g/mol. The van der Waals surface area contributed by atoms with Gasteiger partial charge in [0.15, 0.2) is 11.0 Å². The van der Waals surface area contributed by atoms with E-state index in [0.29, 0.717) is 11.8 Å². The monoisotopic (exact) mass is 396 g/mol. The third-order valence-corrected chi connectivity index (χ3v) is 5.36. The van der Waals surface area contributed by atoms with Gasteiger partial charge in [-0.15, -0.1) is 10.2 Å². The van der Waals surface area contributed by atoms with Crippen molar-refractivity contribution in [2.75, 3.05) is 11.9 Å². The summed E-state index contributed by atoms with van der Waals surface area (Å²) in [7, 11) is 1.91. The van der Waals surface area contributed by atoms with Crippen molar-refractivity contribution in [1.29, 1.82) is 0 Å². The highest BCUT2D eigenvalue weighted by Crippen LogP contribution is 2.26. The van der Waals surface area contributed by atoms with Crippen LogP contribution in [0.4, 0.5) is 5.69 Å². The lowest BCUT2D eigenvalue weighted by atomic mass is 10.1. The van der Waals surface area contributed by atoms with E-state index < -0.39 is 0 Å². The van der Waals surface area contributed by atoms with Crippen molar-refractivity contribution in [1.82, 2.24) is 14.8 Å². The van der Waals surface area contributed by atoms with Gasteiger partial charge in [-0.05, 0) is 45.0 Å². The molecule has 0 saturated carbocycles. The molecule has 1 N–H and O–H groups in total. The Morgan fingerprint density at radius 1 is 1.14 bits per heavy atom. The molecule has 1 amide bonds. The normalized spacial score (nSPS) is 11.9. The van der Waals surface area contributed by atoms with Gasteiger partial charge in [0, 0.05) is 18.3 Å². The van der Waals surface area contributed by atoms with Crippen LogP contribution in [-0.2, 0) is 11.8 Å². The number of anilines is 1. The highest BCUT2D eigenvalue weighted by Gasteiger charge is 2.19. The Bertz CT molecular complexity index is 936. The molecule has 0 aliphatic rings. The number of nitrogens with one attached hydrogen (secondary N) is 1. The fraction of sp³-hybridized carbons (Fsp3) is 0.286. The first-order valence-electron chi connectivity index (χ1n) is 9.14. The van der Waals surface area contributed by atoms with Crippen molar-refractivity contribution in [3.05, 3.63) is 54.1 Å². The Balaban J connectivity index is 1.64. The molecule has 0 aliphatic carbocycles. The van der Waals surface area contributed by atoms with Crippen LogP contribution in [0.1, 0.15) is 19.4 Å². The molecule has 0 aliphatic heterocycles. The molecular formula is C21H24N4O2S. The molecule has 3 rings (SSSR count). The molecular weight excluding hydrogens is 372 g/mol. The van der Waals surface area contributed by atoms with Crippen molar-refractivity contribution >= 4 is 23.4 Å². The molecule has 0 bridgehead atoms. The summed E-state index contributed by atoms with van der Waals surface area (Å²) in [6.07, 6.45) is 0. The van der Waals surface area contributed by atoms with Crippen LogP contribution in [0.15, 0.2) is 53.7 Å². The molecule has 0 spiro atoms. The Kier molecular flexibility index (Phi) is 6.36. The van der Waals surface area contributed by atoms with Gasteiger partial charge < -0.3 is 14.6 Å². The molecule has 1 unspecified atom stereocenters. The van der Waals surface area contributed by atoms with Crippen molar-refractivity contribution in [3.63, 3.8) is 0 Å². The van der Waals surface area contributed by atoms with Gasteiger partial charge in [-0.25, -0.2) is 0 Å². The summed E-state index contributed by atoms with van der Waals surface area (Å²) >= 11 is 1.38. The van der Waals surface area contributed by atoms with Crippen molar-refractivity contribution in [2.45, 2.75) is 31.2 Å². The van der Waals surface area contributed by atoms with Crippen molar-refractivity contribution in [3.8, 4) is 17.1 Å². The van der Waals surface area contributed by atoms with E-state index in [-0.39, 0.29) is 11.2 Å². The summed E-state index contributed by atoms with van der Waals surface area (Å²) < 4.78 is 7.33. The van der Waals surface area contributed by atoms with E-state index in [1.807, 2.05) is 80.9 Å². The standard InChI is InChI=1S/C21H24N4O2S/c1-5-27-18-12-10-17(11-13-18)22-20(26)15(3)28-21-24-23-19(25(21)4)16-8-6-14(2)7-9-16/h6-13,15H,5H2,1-4H3,(H,22,26). The quantitative estimate of drug-likeness (QED) is 0.603. The van der Waals surface area contributed by atoms with E-state index >= 15 is 0 Å². The van der Waals surface area contributed by atoms with Crippen molar-refractivity contribution in [2.24, 2.45) is 7.05 Å². The number of nitrogens with zero attached hydrogens (tertiary/aromatic N) is 3. The van der Waals surface area contributed by atoms with E-state index in [1.54, 1.807) is 0 Å². The SMILES string of the molecule is CCOc1ccc(NC(=O)C(C)Sc2nnc(-c3ccc(C)cc3)n2C)cc1. The maximum Gasteiger partial charge on any atom is 0.237 e. The number of thioether (sulfide) groups is 1. The number of hydrogen-bond acceptors (Lipinski definition) is 5. The lowest BCUT2D eigenvalue weighted by molar-refractivity contribution is -0.115. The molecule has 7 heteroatoms. The second-order valence-corrected chi connectivity index (χ2v) is 7.75. The molecule has 28 heavy (non-hydrogen) atoms. The average Bonchev–Trinajstić information content (AvgIpc) is 3.04. The summed E-state index contributed by atoms with van der Waals surface area (Å²) in [5.41, 5.74) is 2.93. The minimum Gasteiger partial charge on any atom is -0.494 e. The van der Waals surface area contributed by atoms with Gasteiger partial charge >= 0.3 is 0 Å². The highest BCUT2D eigenvalue weighted by atomic mass is 32.2. The number of hydrogen-bond donors (Lipinski definition) is 1. The number of ether oxygens (including phenoxy) is 1. The fourth-order valence-electron chi connectivity index (χ4n) is 2.63. The predicted octanol–water partition coefficient (Wildman–Crippen LogP) is 4.31. The highest BCUT2D eigenvalue weighted by molar-refractivity contribution is 8.00. The maximum absolute atomic E-state index is 12.5. The molecule has 1 aromatic heterocycles. The van der Waals surface area contributed by atoms with Gasteiger partial charge in [-0.1, -0.05) is 41.6 Å². The molecule has 6 nitrogen and oxygen atoms in total. The van der Waals surface area contributed by atoms with E-state index in [9.17, 15) is 4.79 Å². The van der Waals surface area contributed by atoms with Crippen LogP contribution < -0.4 is 10.1 Å². The maximum atomic E-state index is 12.5. The first-order chi connectivity index (χ1) is 13.5. The molecule has 1 atom stereocenters. The van der Waals surface area contributed by atoms with Crippen LogP contribution in [0.2, 0.25) is 0 Å². The number of carbonyl (C=O) groups is 1. The summed E-state index contributed by atoms with van der Waals surface area (Å²) in [5, 5.41) is 11.8. The lowest BCUT2D eigenvalue weighted by Crippen LogP contribution is -2.22. The van der Waals surface area contributed by atoms with Crippen LogP contribution in [0.25, 0.3) is 11.4 Å². The first kappa shape index (κ1) is 19.9. The zero-order chi connectivity index (χ0) is 20.1. The predicted molar refractivity (Wildman–Crippen MR) is 113 cm³/mol. The van der Waals surface area contributed by atoms with Gasteiger partial charge in [0.1, 0.15) is 5.75 Å². The van der Waals surface area contributed by atoms with E-state index in [1.165, 1.54) is 17.3 Å².